The molecule has 0 heterocycles. The van der Waals surface area contributed by atoms with Crippen LogP contribution in [0.2, 0.25) is 0 Å². The highest BCUT2D eigenvalue weighted by molar-refractivity contribution is 5.94. The third-order valence-electron chi connectivity index (χ3n) is 3.68. The molecule has 0 fully saturated rings. The normalized spacial score (nSPS) is 11.0. The minimum atomic E-state index is -0.191. The zero-order chi connectivity index (χ0) is 16.1. The molecule has 114 valence electrons. The van der Waals surface area contributed by atoms with Gasteiger partial charge in [0.15, 0.2) is 0 Å². The van der Waals surface area contributed by atoms with E-state index in [0.717, 1.165) is 11.1 Å². The van der Waals surface area contributed by atoms with E-state index in [0.29, 0.717) is 12.0 Å². The molecule has 0 saturated heterocycles. The number of carbonyl (C=O) groups is 1. The number of hydrogen-bond acceptors (Lipinski definition) is 2. The maximum atomic E-state index is 12.0. The molecule has 0 spiro atoms. The molecule has 0 unspecified atom stereocenters. The van der Waals surface area contributed by atoms with Crippen molar-refractivity contribution < 1.29 is 4.79 Å². The van der Waals surface area contributed by atoms with Crippen LogP contribution in [0.3, 0.4) is 0 Å². The van der Waals surface area contributed by atoms with Crippen LogP contribution in [-0.2, 0) is 6.42 Å². The van der Waals surface area contributed by atoms with Gasteiger partial charge in [-0.1, -0.05) is 60.2 Å². The van der Waals surface area contributed by atoms with Crippen molar-refractivity contribution in [3.05, 3.63) is 83.4 Å². The summed E-state index contributed by atoms with van der Waals surface area (Å²) in [5.74, 6) is -0.191. The number of nitrogens with one attached hydrogen (secondary N) is 1. The van der Waals surface area contributed by atoms with E-state index in [4.69, 9.17) is 0 Å². The Balaban J connectivity index is 1.61. The molecule has 0 aliphatic rings. The van der Waals surface area contributed by atoms with Crippen molar-refractivity contribution in [1.82, 2.24) is 5.43 Å². The summed E-state index contributed by atoms with van der Waals surface area (Å²) in [6, 6.07) is 22.0. The Labute approximate surface area is 135 Å². The van der Waals surface area contributed by atoms with Gasteiger partial charge in [0, 0.05) is 18.2 Å². The smallest absolute Gasteiger partial charge is 0.267 e. The number of carbonyl (C=O) groups excluding carboxylic acids is 1. The number of hydrogen-bond donors (Lipinski definition) is 1. The fourth-order valence-corrected chi connectivity index (χ4v) is 2.47. The van der Waals surface area contributed by atoms with E-state index < -0.39 is 0 Å². The molecular weight excluding hydrogens is 284 g/mol. The van der Waals surface area contributed by atoms with Crippen molar-refractivity contribution >= 4 is 22.9 Å². The van der Waals surface area contributed by atoms with Crippen LogP contribution in [0.25, 0.3) is 10.8 Å². The number of nitrogens with zero attached hydrogens (tertiary/aromatic N) is 1. The van der Waals surface area contributed by atoms with Crippen molar-refractivity contribution in [2.24, 2.45) is 5.10 Å². The first-order valence-corrected chi connectivity index (χ1v) is 7.58. The number of aryl methyl sites for hydroxylation is 1. The van der Waals surface area contributed by atoms with Crippen molar-refractivity contribution in [1.29, 1.82) is 0 Å². The first-order chi connectivity index (χ1) is 11.2. The summed E-state index contributed by atoms with van der Waals surface area (Å²) in [7, 11) is 0. The zero-order valence-corrected chi connectivity index (χ0v) is 13.0. The molecule has 0 aliphatic carbocycles. The Kier molecular flexibility index (Phi) is 4.48. The van der Waals surface area contributed by atoms with Gasteiger partial charge in [-0.25, -0.2) is 5.43 Å². The van der Waals surface area contributed by atoms with Crippen LogP contribution in [0.5, 0.6) is 0 Å². The van der Waals surface area contributed by atoms with Gasteiger partial charge in [-0.2, -0.15) is 5.10 Å². The van der Waals surface area contributed by atoms with Crippen molar-refractivity contribution in [2.45, 2.75) is 13.3 Å². The molecule has 0 atom stereocenters. The predicted octanol–water partition coefficient (Wildman–Crippen LogP) is 4.11. The molecule has 0 bridgehead atoms. The lowest BCUT2D eigenvalue weighted by Crippen LogP contribution is -2.17. The lowest BCUT2D eigenvalue weighted by atomic mass is 10.1. The summed E-state index contributed by atoms with van der Waals surface area (Å²) in [5, 5.41) is 6.46. The Hall–Kier alpha value is -2.94. The Morgan fingerprint density at radius 2 is 1.83 bits per heavy atom. The second kappa shape index (κ2) is 6.88. The monoisotopic (exact) mass is 302 g/mol. The summed E-state index contributed by atoms with van der Waals surface area (Å²) in [5.41, 5.74) is 5.40. The highest BCUT2D eigenvalue weighted by atomic mass is 16.2. The van der Waals surface area contributed by atoms with E-state index in [1.54, 1.807) is 12.3 Å². The van der Waals surface area contributed by atoms with Crippen molar-refractivity contribution in [3.63, 3.8) is 0 Å². The average Bonchev–Trinajstić information content (AvgIpc) is 2.58. The maximum absolute atomic E-state index is 12.0. The second-order valence-electron chi connectivity index (χ2n) is 5.51. The van der Waals surface area contributed by atoms with Gasteiger partial charge in [0.05, 0.1) is 0 Å². The second-order valence-corrected chi connectivity index (χ2v) is 5.51. The third kappa shape index (κ3) is 3.83. The number of rotatable bonds is 4. The summed E-state index contributed by atoms with van der Waals surface area (Å²) in [6.45, 7) is 1.96. The molecule has 3 rings (SSSR count). The van der Waals surface area contributed by atoms with Crippen LogP contribution >= 0.6 is 0 Å². The van der Waals surface area contributed by atoms with Gasteiger partial charge in [0.1, 0.15) is 0 Å². The Morgan fingerprint density at radius 3 is 2.65 bits per heavy atom. The van der Waals surface area contributed by atoms with Crippen LogP contribution in [0.1, 0.15) is 21.5 Å². The maximum Gasteiger partial charge on any atom is 0.271 e. The van der Waals surface area contributed by atoms with Crippen LogP contribution in [0, 0.1) is 6.92 Å². The average molecular weight is 302 g/mol. The van der Waals surface area contributed by atoms with Crippen LogP contribution in [0.4, 0.5) is 0 Å². The molecule has 0 radical (unpaired) electrons. The van der Waals surface area contributed by atoms with E-state index >= 15 is 0 Å². The molecular formula is C20H18N2O. The van der Waals surface area contributed by atoms with Gasteiger partial charge < -0.3 is 0 Å². The first kappa shape index (κ1) is 15.0. The SMILES string of the molecule is Cc1cccc(C(=O)N/N=C/Cc2ccc3ccccc3c2)c1. The predicted molar refractivity (Wildman–Crippen MR) is 94.8 cm³/mol. The molecule has 1 N–H and O–H groups in total. The van der Waals surface area contributed by atoms with Crippen LogP contribution < -0.4 is 5.43 Å². The highest BCUT2D eigenvalue weighted by Gasteiger charge is 2.03. The lowest BCUT2D eigenvalue weighted by Gasteiger charge is -2.02. The lowest BCUT2D eigenvalue weighted by molar-refractivity contribution is 0.0955. The first-order valence-electron chi connectivity index (χ1n) is 7.58. The Morgan fingerprint density at radius 1 is 1.00 bits per heavy atom. The van der Waals surface area contributed by atoms with E-state index in [-0.39, 0.29) is 5.91 Å². The molecule has 0 aliphatic heterocycles. The minimum Gasteiger partial charge on any atom is -0.267 e. The van der Waals surface area contributed by atoms with E-state index in [9.17, 15) is 4.79 Å². The van der Waals surface area contributed by atoms with Gasteiger partial charge in [-0.05, 0) is 35.4 Å². The van der Waals surface area contributed by atoms with Gasteiger partial charge in [-0.3, -0.25) is 4.79 Å². The molecule has 3 aromatic carbocycles. The highest BCUT2D eigenvalue weighted by Crippen LogP contribution is 2.15. The van der Waals surface area contributed by atoms with Gasteiger partial charge in [0.2, 0.25) is 0 Å². The Bertz CT molecular complexity index is 868. The number of benzene rings is 3. The molecule has 3 nitrogen and oxygen atoms in total. The summed E-state index contributed by atoms with van der Waals surface area (Å²) in [6.07, 6.45) is 2.40. The summed E-state index contributed by atoms with van der Waals surface area (Å²) >= 11 is 0. The van der Waals surface area contributed by atoms with Gasteiger partial charge in [0.25, 0.3) is 5.91 Å². The topological polar surface area (TPSA) is 41.5 Å². The van der Waals surface area contributed by atoms with Crippen LogP contribution in [0.15, 0.2) is 71.8 Å². The van der Waals surface area contributed by atoms with E-state index in [1.165, 1.54) is 10.8 Å². The molecule has 3 heteroatoms. The minimum absolute atomic E-state index is 0.191. The van der Waals surface area contributed by atoms with E-state index in [1.807, 2.05) is 37.3 Å². The van der Waals surface area contributed by atoms with Crippen LogP contribution in [-0.4, -0.2) is 12.1 Å². The number of fused-ring (bicyclic) bond motifs is 1. The largest absolute Gasteiger partial charge is 0.271 e. The zero-order valence-electron chi connectivity index (χ0n) is 13.0. The van der Waals surface area contributed by atoms with Gasteiger partial charge >= 0.3 is 0 Å². The quantitative estimate of drug-likeness (QED) is 0.572. The molecule has 3 aromatic rings. The fraction of sp³-hybridized carbons (Fsp3) is 0.100. The van der Waals surface area contributed by atoms with Crippen molar-refractivity contribution in [3.8, 4) is 0 Å². The summed E-state index contributed by atoms with van der Waals surface area (Å²) in [4.78, 5) is 12.0. The third-order valence-corrected chi connectivity index (χ3v) is 3.68. The summed E-state index contributed by atoms with van der Waals surface area (Å²) < 4.78 is 0. The molecule has 1 amide bonds. The number of amides is 1. The number of hydrazone groups is 1. The fourth-order valence-electron chi connectivity index (χ4n) is 2.47. The van der Waals surface area contributed by atoms with Gasteiger partial charge in [-0.15, -0.1) is 0 Å². The standard InChI is InChI=1S/C20H18N2O/c1-15-5-4-8-19(13-15)20(23)22-21-12-11-16-9-10-17-6-2-3-7-18(17)14-16/h2-10,12-14H,11H2,1H3,(H,22,23)/b21-12+. The van der Waals surface area contributed by atoms with Crippen molar-refractivity contribution in [2.75, 3.05) is 0 Å². The van der Waals surface area contributed by atoms with E-state index in [2.05, 4.69) is 40.9 Å². The molecule has 0 saturated carbocycles. The molecule has 0 aromatic heterocycles. The molecule has 23 heavy (non-hydrogen) atoms.